The Hall–Kier alpha value is -1.07. The van der Waals surface area contributed by atoms with E-state index >= 15 is 0 Å². The Morgan fingerprint density at radius 2 is 1.69 bits per heavy atom. The molecule has 4 nitrogen and oxygen atoms in total. The minimum absolute atomic E-state index is 0.0639. The Morgan fingerprint density at radius 1 is 1.06 bits per heavy atom. The van der Waals surface area contributed by atoms with E-state index in [1.807, 2.05) is 22.6 Å². The van der Waals surface area contributed by atoms with Crippen LogP contribution in [0.1, 0.15) is 55.2 Å². The van der Waals surface area contributed by atoms with Crippen LogP contribution in [0.15, 0.2) is 30.3 Å². The third-order valence-electron chi connectivity index (χ3n) is 7.93. The van der Waals surface area contributed by atoms with Gasteiger partial charge in [-0.1, -0.05) is 29.3 Å². The highest BCUT2D eigenvalue weighted by molar-refractivity contribution is 14.1. The minimum Gasteiger partial charge on any atom is -0.372 e. The van der Waals surface area contributed by atoms with Crippen LogP contribution in [0.5, 0.6) is 0 Å². The second-order valence-electron chi connectivity index (χ2n) is 10.5. The van der Waals surface area contributed by atoms with Crippen LogP contribution in [0, 0.1) is 9.49 Å². The highest BCUT2D eigenvalue weighted by Crippen LogP contribution is 2.53. The molecule has 0 saturated heterocycles. The molecule has 1 amide bonds. The smallest absolute Gasteiger partial charge is 0.372 e. The second-order valence-corrected chi connectivity index (χ2v) is 12.6. The van der Waals surface area contributed by atoms with E-state index in [4.69, 9.17) is 23.2 Å². The van der Waals surface area contributed by atoms with Crippen molar-refractivity contribution in [1.82, 2.24) is 4.90 Å². The van der Waals surface area contributed by atoms with E-state index in [0.29, 0.717) is 21.7 Å². The van der Waals surface area contributed by atoms with Crippen LogP contribution in [0.25, 0.3) is 0 Å². The molecule has 1 unspecified atom stereocenters. The van der Waals surface area contributed by atoms with Crippen molar-refractivity contribution in [2.24, 2.45) is 5.92 Å². The van der Waals surface area contributed by atoms with E-state index in [9.17, 15) is 23.1 Å². The third-order valence-corrected chi connectivity index (χ3v) is 9.10. The van der Waals surface area contributed by atoms with E-state index in [1.54, 1.807) is 6.07 Å². The number of hydrogen-bond acceptors (Lipinski definition) is 3. The van der Waals surface area contributed by atoms with Gasteiger partial charge in [0.05, 0.1) is 11.3 Å². The predicted octanol–water partition coefficient (Wildman–Crippen LogP) is 6.60. The maximum Gasteiger partial charge on any atom is 0.416 e. The Morgan fingerprint density at radius 3 is 2.25 bits per heavy atom. The zero-order valence-electron chi connectivity index (χ0n) is 19.2. The SMILES string of the molecule is O=C1N(C[C@H]2C[C@@H](N(C3CC3)C3CC3)C2)c2cc(I)cc(C(F)(F)F)c2C1(O)c1ccc(Cl)cc1Cl. The molecule has 1 heterocycles. The van der Waals surface area contributed by atoms with E-state index in [-0.39, 0.29) is 33.8 Å². The van der Waals surface area contributed by atoms with Crippen molar-refractivity contribution in [3.63, 3.8) is 0 Å². The first kappa shape index (κ1) is 25.2. The first-order chi connectivity index (χ1) is 17.0. The molecule has 10 heteroatoms. The number of benzene rings is 2. The molecule has 2 aromatic rings. The number of halogens is 6. The molecule has 3 fully saturated rings. The van der Waals surface area contributed by atoms with E-state index in [1.165, 1.54) is 48.8 Å². The molecule has 3 aliphatic carbocycles. The lowest BCUT2D eigenvalue weighted by Gasteiger charge is -2.45. The molecule has 2 aromatic carbocycles. The van der Waals surface area contributed by atoms with Gasteiger partial charge < -0.3 is 10.0 Å². The summed E-state index contributed by atoms with van der Waals surface area (Å²) < 4.78 is 43.1. The first-order valence-corrected chi connectivity index (χ1v) is 14.0. The van der Waals surface area contributed by atoms with Gasteiger partial charge in [0.25, 0.3) is 5.91 Å². The van der Waals surface area contributed by atoms with Crippen molar-refractivity contribution in [2.45, 2.75) is 68.4 Å². The largest absolute Gasteiger partial charge is 0.416 e. The van der Waals surface area contributed by atoms with Crippen molar-refractivity contribution in [1.29, 1.82) is 0 Å². The summed E-state index contributed by atoms with van der Waals surface area (Å²) in [5.41, 5.74) is -4.07. The molecular formula is C26H24Cl2F3IN2O2. The van der Waals surface area contributed by atoms with Crippen LogP contribution < -0.4 is 4.90 Å². The van der Waals surface area contributed by atoms with Gasteiger partial charge in [-0.2, -0.15) is 13.2 Å². The van der Waals surface area contributed by atoms with Crippen LogP contribution in [0.3, 0.4) is 0 Å². The number of anilines is 1. The molecule has 0 bridgehead atoms. The topological polar surface area (TPSA) is 43.8 Å². The Bertz CT molecular complexity index is 1230. The van der Waals surface area contributed by atoms with E-state index < -0.39 is 28.8 Å². The summed E-state index contributed by atoms with van der Waals surface area (Å²) >= 11 is 14.2. The van der Waals surface area contributed by atoms with Crippen LogP contribution in [-0.4, -0.2) is 40.6 Å². The van der Waals surface area contributed by atoms with Crippen LogP contribution >= 0.6 is 45.8 Å². The van der Waals surface area contributed by atoms with Gasteiger partial charge in [0.1, 0.15) is 0 Å². The Kier molecular flexibility index (Phi) is 6.11. The summed E-state index contributed by atoms with van der Waals surface area (Å²) in [6, 6.07) is 8.39. The van der Waals surface area contributed by atoms with E-state index in [2.05, 4.69) is 4.90 Å². The number of aliphatic hydroxyl groups is 1. The molecule has 6 rings (SSSR count). The fraction of sp³-hybridized carbons (Fsp3) is 0.500. The van der Waals surface area contributed by atoms with Gasteiger partial charge in [0.2, 0.25) is 0 Å². The maximum absolute atomic E-state index is 14.2. The predicted molar refractivity (Wildman–Crippen MR) is 140 cm³/mol. The van der Waals surface area contributed by atoms with Crippen LogP contribution in [0.2, 0.25) is 10.0 Å². The van der Waals surface area contributed by atoms with Crippen molar-refractivity contribution in [3.05, 3.63) is 60.6 Å². The quantitative estimate of drug-likeness (QED) is 0.358. The highest BCUT2D eigenvalue weighted by atomic mass is 127. The number of carbonyl (C=O) groups is 1. The first-order valence-electron chi connectivity index (χ1n) is 12.2. The second kappa shape index (κ2) is 8.73. The number of hydrogen-bond donors (Lipinski definition) is 1. The van der Waals surface area contributed by atoms with Crippen molar-refractivity contribution >= 4 is 57.4 Å². The average Bonchev–Trinajstić information content (AvgIpc) is 3.68. The molecule has 1 aliphatic heterocycles. The lowest BCUT2D eigenvalue weighted by Crippen LogP contribution is -2.51. The lowest BCUT2D eigenvalue weighted by atomic mass is 9.78. The number of carbonyl (C=O) groups excluding carboxylic acids is 1. The van der Waals surface area contributed by atoms with Gasteiger partial charge in [0, 0.05) is 49.4 Å². The third kappa shape index (κ3) is 4.15. The number of amides is 1. The number of alkyl halides is 3. The molecule has 1 atom stereocenters. The normalized spacial score (nSPS) is 28.0. The molecule has 0 aromatic heterocycles. The highest BCUT2D eigenvalue weighted by Gasteiger charge is 2.57. The van der Waals surface area contributed by atoms with Gasteiger partial charge >= 0.3 is 6.18 Å². The molecule has 36 heavy (non-hydrogen) atoms. The van der Waals surface area contributed by atoms with Crippen LogP contribution in [-0.2, 0) is 16.6 Å². The molecule has 4 aliphatic rings. The molecular weight excluding hydrogens is 627 g/mol. The summed E-state index contributed by atoms with van der Waals surface area (Å²) in [4.78, 5) is 17.8. The van der Waals surface area contributed by atoms with E-state index in [0.717, 1.165) is 18.9 Å². The van der Waals surface area contributed by atoms with Gasteiger partial charge in [-0.3, -0.25) is 9.69 Å². The van der Waals surface area contributed by atoms with Gasteiger partial charge in [0.15, 0.2) is 5.60 Å². The molecule has 0 radical (unpaired) electrons. The molecule has 1 N–H and O–H groups in total. The van der Waals surface area contributed by atoms with Gasteiger partial charge in [-0.05, 0) is 91.3 Å². The van der Waals surface area contributed by atoms with Crippen LogP contribution in [0.4, 0.5) is 18.9 Å². The van der Waals surface area contributed by atoms with Crippen molar-refractivity contribution < 1.29 is 23.1 Å². The fourth-order valence-electron chi connectivity index (χ4n) is 6.03. The molecule has 0 spiro atoms. The summed E-state index contributed by atoms with van der Waals surface area (Å²) in [6.07, 6.45) is 1.99. The zero-order chi connectivity index (χ0) is 25.6. The summed E-state index contributed by atoms with van der Waals surface area (Å²) in [6.45, 7) is 0.260. The monoisotopic (exact) mass is 650 g/mol. The van der Waals surface area contributed by atoms with Crippen molar-refractivity contribution in [2.75, 3.05) is 11.4 Å². The lowest BCUT2D eigenvalue weighted by molar-refractivity contribution is -0.142. The number of nitrogens with zero attached hydrogens (tertiary/aromatic N) is 2. The molecule has 3 saturated carbocycles. The fourth-order valence-corrected chi connectivity index (χ4v) is 7.18. The average molecular weight is 651 g/mol. The summed E-state index contributed by atoms with van der Waals surface area (Å²) in [7, 11) is 0. The van der Waals surface area contributed by atoms with Crippen molar-refractivity contribution in [3.8, 4) is 0 Å². The van der Waals surface area contributed by atoms with Gasteiger partial charge in [-0.15, -0.1) is 0 Å². The Balaban J connectivity index is 1.37. The zero-order valence-corrected chi connectivity index (χ0v) is 22.8. The number of rotatable bonds is 6. The maximum atomic E-state index is 14.2. The number of fused-ring (bicyclic) bond motifs is 1. The standard InChI is InChI=1S/C26H24Cl2F3IN2O2/c27-14-1-6-19(21(28)9-14)25(36)23-20(26(29,30)31)10-15(32)11-22(23)33(24(25)35)12-13-7-18(8-13)34(16-2-3-16)17-4-5-17/h1,6,9-11,13,16-18,36H,2-5,7-8,12H2/t13-,18+,25?. The minimum atomic E-state index is -4.77. The summed E-state index contributed by atoms with van der Waals surface area (Å²) in [5, 5.41) is 12.0. The molecule has 192 valence electrons. The van der Waals surface area contributed by atoms with Gasteiger partial charge in [-0.25, -0.2) is 0 Å². The summed E-state index contributed by atoms with van der Waals surface area (Å²) in [5.74, 6) is -0.652. The Labute approximate surface area is 230 Å².